The zero-order chi connectivity index (χ0) is 16.2. The monoisotopic (exact) mass is 307 g/mol. The lowest BCUT2D eigenvalue weighted by atomic mass is 10.0. The average molecular weight is 307 g/mol. The molecule has 0 aliphatic rings. The summed E-state index contributed by atoms with van der Waals surface area (Å²) in [6, 6.07) is 6.50. The minimum absolute atomic E-state index is 0.755. The SMILES string of the molecule is Cc1ccc(-c2[nH]ncc2CN(C)Cc2cnccn2)cc1C. The van der Waals surface area contributed by atoms with Gasteiger partial charge in [-0.15, -0.1) is 0 Å². The third-order valence-electron chi connectivity index (χ3n) is 4.00. The molecule has 2 heterocycles. The van der Waals surface area contributed by atoms with Gasteiger partial charge in [0.2, 0.25) is 0 Å². The Morgan fingerprint density at radius 2 is 1.91 bits per heavy atom. The van der Waals surface area contributed by atoms with Gasteiger partial charge in [0.05, 0.1) is 17.6 Å². The zero-order valence-corrected chi connectivity index (χ0v) is 13.7. The van der Waals surface area contributed by atoms with Gasteiger partial charge in [0.25, 0.3) is 0 Å². The molecule has 0 atom stereocenters. The van der Waals surface area contributed by atoms with E-state index in [1.165, 1.54) is 22.3 Å². The summed E-state index contributed by atoms with van der Waals surface area (Å²) in [6.45, 7) is 5.82. The lowest BCUT2D eigenvalue weighted by Crippen LogP contribution is -2.18. The second kappa shape index (κ2) is 6.71. The number of nitrogens with zero attached hydrogens (tertiary/aromatic N) is 4. The predicted molar refractivity (Wildman–Crippen MR) is 90.7 cm³/mol. The number of benzene rings is 1. The highest BCUT2D eigenvalue weighted by Gasteiger charge is 2.11. The van der Waals surface area contributed by atoms with Crippen molar-refractivity contribution in [3.05, 3.63) is 65.4 Å². The van der Waals surface area contributed by atoms with E-state index in [0.717, 1.165) is 24.5 Å². The van der Waals surface area contributed by atoms with Crippen molar-refractivity contribution < 1.29 is 0 Å². The Kier molecular flexibility index (Phi) is 4.48. The standard InChI is InChI=1S/C18H21N5/c1-13-4-5-15(8-14(13)2)18-16(9-21-22-18)11-23(3)12-17-10-19-6-7-20-17/h4-10H,11-12H2,1-3H3,(H,21,22). The number of hydrogen-bond acceptors (Lipinski definition) is 4. The molecular weight excluding hydrogens is 286 g/mol. The largest absolute Gasteiger partial charge is 0.296 e. The molecule has 0 amide bonds. The van der Waals surface area contributed by atoms with Gasteiger partial charge in [-0.3, -0.25) is 20.0 Å². The topological polar surface area (TPSA) is 57.7 Å². The average Bonchev–Trinajstić information content (AvgIpc) is 2.99. The molecule has 3 rings (SSSR count). The Hall–Kier alpha value is -2.53. The molecule has 0 bridgehead atoms. The first kappa shape index (κ1) is 15.4. The van der Waals surface area contributed by atoms with Gasteiger partial charge in [-0.2, -0.15) is 5.10 Å². The number of nitrogens with one attached hydrogen (secondary N) is 1. The van der Waals surface area contributed by atoms with E-state index < -0.39 is 0 Å². The van der Waals surface area contributed by atoms with E-state index in [9.17, 15) is 0 Å². The van der Waals surface area contributed by atoms with Gasteiger partial charge in [0.15, 0.2) is 0 Å². The van der Waals surface area contributed by atoms with Crippen LogP contribution >= 0.6 is 0 Å². The summed E-state index contributed by atoms with van der Waals surface area (Å²) < 4.78 is 0. The second-order valence-electron chi connectivity index (χ2n) is 5.94. The van der Waals surface area contributed by atoms with E-state index in [0.29, 0.717) is 0 Å². The van der Waals surface area contributed by atoms with Gasteiger partial charge >= 0.3 is 0 Å². The Morgan fingerprint density at radius 1 is 1.04 bits per heavy atom. The minimum atomic E-state index is 0.755. The van der Waals surface area contributed by atoms with Crippen LogP contribution in [0.1, 0.15) is 22.4 Å². The van der Waals surface area contributed by atoms with E-state index in [1.54, 1.807) is 18.6 Å². The molecule has 2 aromatic heterocycles. The van der Waals surface area contributed by atoms with Crippen LogP contribution in [0.2, 0.25) is 0 Å². The van der Waals surface area contributed by atoms with E-state index in [2.05, 4.69) is 64.2 Å². The summed E-state index contributed by atoms with van der Waals surface area (Å²) in [5, 5.41) is 7.36. The molecule has 0 saturated carbocycles. The molecule has 0 radical (unpaired) electrons. The van der Waals surface area contributed by atoms with E-state index in [4.69, 9.17) is 0 Å². The van der Waals surface area contributed by atoms with Crippen LogP contribution in [0.3, 0.4) is 0 Å². The number of aromatic nitrogens is 4. The van der Waals surface area contributed by atoms with Crippen molar-refractivity contribution in [2.24, 2.45) is 0 Å². The van der Waals surface area contributed by atoms with E-state index in [-0.39, 0.29) is 0 Å². The van der Waals surface area contributed by atoms with Crippen LogP contribution in [-0.4, -0.2) is 32.1 Å². The molecule has 5 heteroatoms. The summed E-state index contributed by atoms with van der Waals surface area (Å²) in [7, 11) is 2.08. The molecule has 0 unspecified atom stereocenters. The molecule has 0 aliphatic carbocycles. The van der Waals surface area contributed by atoms with Crippen LogP contribution < -0.4 is 0 Å². The van der Waals surface area contributed by atoms with Gasteiger partial charge in [-0.05, 0) is 38.1 Å². The van der Waals surface area contributed by atoms with Crippen LogP contribution in [0, 0.1) is 13.8 Å². The second-order valence-corrected chi connectivity index (χ2v) is 5.94. The van der Waals surface area contributed by atoms with Gasteiger partial charge < -0.3 is 0 Å². The predicted octanol–water partition coefficient (Wildman–Crippen LogP) is 3.12. The van der Waals surface area contributed by atoms with Crippen LogP contribution in [-0.2, 0) is 13.1 Å². The Bertz CT molecular complexity index is 779. The zero-order valence-electron chi connectivity index (χ0n) is 13.7. The van der Waals surface area contributed by atoms with Crippen molar-refractivity contribution >= 4 is 0 Å². The normalized spacial score (nSPS) is 11.1. The number of H-pyrrole nitrogens is 1. The highest BCUT2D eigenvalue weighted by atomic mass is 15.1. The van der Waals surface area contributed by atoms with Gasteiger partial charge in [-0.25, -0.2) is 0 Å². The fourth-order valence-corrected chi connectivity index (χ4v) is 2.61. The smallest absolute Gasteiger partial charge is 0.0726 e. The number of aromatic amines is 1. The van der Waals surface area contributed by atoms with Crippen molar-refractivity contribution in [3.63, 3.8) is 0 Å². The van der Waals surface area contributed by atoms with E-state index in [1.807, 2.05) is 6.20 Å². The quantitative estimate of drug-likeness (QED) is 0.787. The third-order valence-corrected chi connectivity index (χ3v) is 4.00. The summed E-state index contributed by atoms with van der Waals surface area (Å²) >= 11 is 0. The Labute approximate surface area is 136 Å². The molecule has 0 fully saturated rings. The molecule has 23 heavy (non-hydrogen) atoms. The molecule has 0 aliphatic heterocycles. The van der Waals surface area contributed by atoms with Gasteiger partial charge in [0, 0.05) is 42.8 Å². The van der Waals surface area contributed by atoms with Gasteiger partial charge in [0.1, 0.15) is 0 Å². The Morgan fingerprint density at radius 3 is 2.65 bits per heavy atom. The maximum absolute atomic E-state index is 4.32. The van der Waals surface area contributed by atoms with Crippen LogP contribution in [0.15, 0.2) is 43.0 Å². The first-order valence-electron chi connectivity index (χ1n) is 7.67. The fourth-order valence-electron chi connectivity index (χ4n) is 2.61. The molecule has 5 nitrogen and oxygen atoms in total. The first-order valence-corrected chi connectivity index (χ1v) is 7.67. The van der Waals surface area contributed by atoms with Crippen molar-refractivity contribution in [1.29, 1.82) is 0 Å². The van der Waals surface area contributed by atoms with Crippen molar-refractivity contribution in [1.82, 2.24) is 25.1 Å². The fraction of sp³-hybridized carbons (Fsp3) is 0.278. The van der Waals surface area contributed by atoms with Crippen molar-refractivity contribution in [3.8, 4) is 11.3 Å². The summed E-state index contributed by atoms with van der Waals surface area (Å²) in [4.78, 5) is 10.6. The number of rotatable bonds is 5. The Balaban J connectivity index is 1.77. The lowest BCUT2D eigenvalue weighted by molar-refractivity contribution is 0.315. The summed E-state index contributed by atoms with van der Waals surface area (Å²) in [5.41, 5.74) is 6.99. The van der Waals surface area contributed by atoms with E-state index >= 15 is 0 Å². The van der Waals surface area contributed by atoms with Gasteiger partial charge in [-0.1, -0.05) is 12.1 Å². The van der Waals surface area contributed by atoms with Crippen LogP contribution in [0.4, 0.5) is 0 Å². The lowest BCUT2D eigenvalue weighted by Gasteiger charge is -2.16. The summed E-state index contributed by atoms with van der Waals surface area (Å²) in [6.07, 6.45) is 7.12. The molecule has 0 spiro atoms. The maximum atomic E-state index is 4.32. The highest BCUT2D eigenvalue weighted by Crippen LogP contribution is 2.24. The molecule has 1 N–H and O–H groups in total. The van der Waals surface area contributed by atoms with Crippen molar-refractivity contribution in [2.45, 2.75) is 26.9 Å². The van der Waals surface area contributed by atoms with Crippen molar-refractivity contribution in [2.75, 3.05) is 7.05 Å². The molecule has 118 valence electrons. The van der Waals surface area contributed by atoms with Crippen LogP contribution in [0.25, 0.3) is 11.3 Å². The molecule has 0 saturated heterocycles. The molecule has 3 aromatic rings. The number of hydrogen-bond donors (Lipinski definition) is 1. The first-order chi connectivity index (χ1) is 11.1. The molecule has 1 aromatic carbocycles. The highest BCUT2D eigenvalue weighted by molar-refractivity contribution is 5.64. The number of aryl methyl sites for hydroxylation is 2. The summed E-state index contributed by atoms with van der Waals surface area (Å²) in [5.74, 6) is 0. The maximum Gasteiger partial charge on any atom is 0.0726 e. The third kappa shape index (κ3) is 3.63. The van der Waals surface area contributed by atoms with Crippen LogP contribution in [0.5, 0.6) is 0 Å². The minimum Gasteiger partial charge on any atom is -0.296 e. The molecular formula is C18H21N5.